The van der Waals surface area contributed by atoms with Crippen LogP contribution in [0.15, 0.2) is 12.1 Å². The summed E-state index contributed by atoms with van der Waals surface area (Å²) >= 11 is 0. The summed E-state index contributed by atoms with van der Waals surface area (Å²) in [7, 11) is 1.57. The SMILES string of the molecule is COc1ccc2nc(C)nn2n1. The van der Waals surface area contributed by atoms with E-state index in [1.807, 2.05) is 13.0 Å². The van der Waals surface area contributed by atoms with Gasteiger partial charge in [-0.3, -0.25) is 0 Å². The van der Waals surface area contributed by atoms with E-state index in [0.29, 0.717) is 11.7 Å². The molecule has 0 aromatic carbocycles. The molecule has 5 heteroatoms. The topological polar surface area (TPSA) is 52.3 Å². The molecule has 2 rings (SSSR count). The third kappa shape index (κ3) is 0.990. The molecule has 0 spiro atoms. The van der Waals surface area contributed by atoms with Crippen molar-refractivity contribution in [3.05, 3.63) is 18.0 Å². The zero-order valence-electron chi connectivity index (χ0n) is 6.85. The molecule has 0 saturated heterocycles. The van der Waals surface area contributed by atoms with Crippen molar-refractivity contribution in [2.75, 3.05) is 7.11 Å². The van der Waals surface area contributed by atoms with Crippen molar-refractivity contribution in [3.63, 3.8) is 0 Å². The number of hydrogen-bond donors (Lipinski definition) is 0. The summed E-state index contributed by atoms with van der Waals surface area (Å²) in [5, 5.41) is 8.07. The van der Waals surface area contributed by atoms with Crippen molar-refractivity contribution in [1.82, 2.24) is 19.8 Å². The Hall–Kier alpha value is -1.65. The Bertz CT molecular complexity index is 409. The van der Waals surface area contributed by atoms with Crippen molar-refractivity contribution >= 4 is 5.65 Å². The van der Waals surface area contributed by atoms with Crippen LogP contribution in [-0.4, -0.2) is 26.9 Å². The largest absolute Gasteiger partial charge is 0.480 e. The van der Waals surface area contributed by atoms with Crippen molar-refractivity contribution in [2.24, 2.45) is 0 Å². The molecule has 2 aromatic rings. The van der Waals surface area contributed by atoms with E-state index in [9.17, 15) is 0 Å². The maximum absolute atomic E-state index is 4.93. The van der Waals surface area contributed by atoms with Crippen LogP contribution in [-0.2, 0) is 0 Å². The lowest BCUT2D eigenvalue weighted by atomic mass is 10.5. The second-order valence-electron chi connectivity index (χ2n) is 2.38. The first kappa shape index (κ1) is 7.02. The number of aromatic nitrogens is 4. The van der Waals surface area contributed by atoms with Gasteiger partial charge in [0.25, 0.3) is 0 Å². The van der Waals surface area contributed by atoms with Crippen molar-refractivity contribution in [3.8, 4) is 5.88 Å². The van der Waals surface area contributed by atoms with Gasteiger partial charge in [0.05, 0.1) is 7.11 Å². The van der Waals surface area contributed by atoms with Crippen LogP contribution in [0, 0.1) is 6.92 Å². The minimum Gasteiger partial charge on any atom is -0.480 e. The molecule has 0 N–H and O–H groups in total. The first-order chi connectivity index (χ1) is 5.79. The van der Waals surface area contributed by atoms with Gasteiger partial charge in [0, 0.05) is 6.07 Å². The Kier molecular flexibility index (Phi) is 1.43. The molecule has 0 aliphatic heterocycles. The highest BCUT2D eigenvalue weighted by molar-refractivity contribution is 5.36. The third-order valence-electron chi connectivity index (χ3n) is 1.50. The molecule has 0 aliphatic rings. The van der Waals surface area contributed by atoms with Gasteiger partial charge >= 0.3 is 0 Å². The van der Waals surface area contributed by atoms with Gasteiger partial charge in [-0.25, -0.2) is 4.98 Å². The summed E-state index contributed by atoms with van der Waals surface area (Å²) in [6.07, 6.45) is 0. The predicted octanol–water partition coefficient (Wildman–Crippen LogP) is 0.441. The lowest BCUT2D eigenvalue weighted by Gasteiger charge is -1.95. The van der Waals surface area contributed by atoms with Gasteiger partial charge in [0.1, 0.15) is 5.82 Å². The smallest absolute Gasteiger partial charge is 0.233 e. The number of hydrogen-bond acceptors (Lipinski definition) is 4. The maximum atomic E-state index is 4.93. The molecule has 0 amide bonds. The molecule has 0 radical (unpaired) electrons. The molecule has 5 nitrogen and oxygen atoms in total. The van der Waals surface area contributed by atoms with Crippen LogP contribution >= 0.6 is 0 Å². The van der Waals surface area contributed by atoms with Crippen LogP contribution in [0.1, 0.15) is 5.82 Å². The fourth-order valence-electron chi connectivity index (χ4n) is 0.980. The highest BCUT2D eigenvalue weighted by Crippen LogP contribution is 2.05. The van der Waals surface area contributed by atoms with Gasteiger partial charge in [-0.2, -0.15) is 0 Å². The Morgan fingerprint density at radius 1 is 1.33 bits per heavy atom. The minimum atomic E-state index is 0.535. The summed E-state index contributed by atoms with van der Waals surface area (Å²) < 4.78 is 6.38. The van der Waals surface area contributed by atoms with Gasteiger partial charge in [-0.1, -0.05) is 0 Å². The summed E-state index contributed by atoms with van der Waals surface area (Å²) in [5.41, 5.74) is 0.730. The second kappa shape index (κ2) is 2.44. The van der Waals surface area contributed by atoms with E-state index in [4.69, 9.17) is 4.74 Å². The molecule has 0 atom stereocenters. The average molecular weight is 164 g/mol. The van der Waals surface area contributed by atoms with Gasteiger partial charge in [-0.05, 0) is 13.0 Å². The van der Waals surface area contributed by atoms with Crippen molar-refractivity contribution < 1.29 is 4.74 Å². The van der Waals surface area contributed by atoms with Crippen LogP contribution < -0.4 is 4.74 Å². The molecular weight excluding hydrogens is 156 g/mol. The molecule has 62 valence electrons. The van der Waals surface area contributed by atoms with Gasteiger partial charge in [0.15, 0.2) is 5.65 Å². The van der Waals surface area contributed by atoms with Crippen molar-refractivity contribution in [1.29, 1.82) is 0 Å². The predicted molar refractivity (Wildman–Crippen MR) is 42.1 cm³/mol. The molecule has 0 unspecified atom stereocenters. The zero-order chi connectivity index (χ0) is 8.55. The summed E-state index contributed by atoms with van der Waals surface area (Å²) in [6, 6.07) is 3.56. The van der Waals surface area contributed by atoms with Gasteiger partial charge < -0.3 is 4.74 Å². The lowest BCUT2D eigenvalue weighted by molar-refractivity contribution is 0.387. The highest BCUT2D eigenvalue weighted by atomic mass is 16.5. The molecule has 12 heavy (non-hydrogen) atoms. The number of methoxy groups -OCH3 is 1. The first-order valence-corrected chi connectivity index (χ1v) is 3.54. The summed E-state index contributed by atoms with van der Waals surface area (Å²) in [6.45, 7) is 1.82. The zero-order valence-corrected chi connectivity index (χ0v) is 6.85. The number of aryl methyl sites for hydroxylation is 1. The Labute approximate surface area is 69.0 Å². The standard InChI is InChI=1S/C7H8N4O/c1-5-8-6-3-4-7(12-2)10-11(6)9-5/h3-4H,1-2H3. The normalized spacial score (nSPS) is 10.5. The summed E-state index contributed by atoms with van der Waals surface area (Å²) in [5.74, 6) is 1.24. The molecular formula is C7H8N4O. The van der Waals surface area contributed by atoms with E-state index in [1.165, 1.54) is 4.63 Å². The van der Waals surface area contributed by atoms with E-state index in [1.54, 1.807) is 13.2 Å². The summed E-state index contributed by atoms with van der Waals surface area (Å²) in [4.78, 5) is 4.12. The van der Waals surface area contributed by atoms with E-state index in [0.717, 1.165) is 5.65 Å². The van der Waals surface area contributed by atoms with E-state index >= 15 is 0 Å². The van der Waals surface area contributed by atoms with Crippen LogP contribution in [0.5, 0.6) is 5.88 Å². The van der Waals surface area contributed by atoms with Crippen LogP contribution in [0.2, 0.25) is 0 Å². The number of nitrogens with zero attached hydrogens (tertiary/aromatic N) is 4. The molecule has 0 fully saturated rings. The molecule has 0 saturated carbocycles. The van der Waals surface area contributed by atoms with Crippen molar-refractivity contribution in [2.45, 2.75) is 6.92 Å². The first-order valence-electron chi connectivity index (χ1n) is 3.54. The van der Waals surface area contributed by atoms with Crippen LogP contribution in [0.25, 0.3) is 5.65 Å². The quantitative estimate of drug-likeness (QED) is 0.613. The van der Waals surface area contributed by atoms with Crippen LogP contribution in [0.4, 0.5) is 0 Å². The van der Waals surface area contributed by atoms with Crippen LogP contribution in [0.3, 0.4) is 0 Å². The fourth-order valence-corrected chi connectivity index (χ4v) is 0.980. The number of ether oxygens (including phenoxy) is 1. The maximum Gasteiger partial charge on any atom is 0.233 e. The van der Waals surface area contributed by atoms with E-state index < -0.39 is 0 Å². The Balaban J connectivity index is 2.66. The Morgan fingerprint density at radius 2 is 2.17 bits per heavy atom. The third-order valence-corrected chi connectivity index (χ3v) is 1.50. The highest BCUT2D eigenvalue weighted by Gasteiger charge is 2.00. The average Bonchev–Trinajstić information content (AvgIpc) is 2.43. The minimum absolute atomic E-state index is 0.535. The van der Waals surface area contributed by atoms with E-state index in [-0.39, 0.29) is 0 Å². The fraction of sp³-hybridized carbons (Fsp3) is 0.286. The lowest BCUT2D eigenvalue weighted by Crippen LogP contribution is -1.96. The molecule has 2 heterocycles. The number of rotatable bonds is 1. The molecule has 0 bridgehead atoms. The number of fused-ring (bicyclic) bond motifs is 1. The Morgan fingerprint density at radius 3 is 2.92 bits per heavy atom. The molecule has 2 aromatic heterocycles. The van der Waals surface area contributed by atoms with Gasteiger partial charge in [0.2, 0.25) is 5.88 Å². The monoisotopic (exact) mass is 164 g/mol. The van der Waals surface area contributed by atoms with Gasteiger partial charge in [-0.15, -0.1) is 14.8 Å². The van der Waals surface area contributed by atoms with E-state index in [2.05, 4.69) is 15.2 Å². The molecule has 0 aliphatic carbocycles. The second-order valence-corrected chi connectivity index (χ2v) is 2.38.